The molecule has 106 valence electrons. The molecule has 0 saturated heterocycles. The summed E-state index contributed by atoms with van der Waals surface area (Å²) < 4.78 is 14.4. The fourth-order valence-electron chi connectivity index (χ4n) is 2.53. The first-order valence-corrected chi connectivity index (χ1v) is 7.83. The quantitative estimate of drug-likeness (QED) is 0.459. The Balaban J connectivity index is 1.78. The molecule has 0 amide bonds. The summed E-state index contributed by atoms with van der Waals surface area (Å²) in [5.74, 6) is -0.225. The predicted octanol–water partition coefficient (Wildman–Crippen LogP) is 5.76. The zero-order valence-electron chi connectivity index (χ0n) is 11.7. The normalized spacial score (nSPS) is 11.7. The monoisotopic (exact) mass is 305 g/mol. The van der Waals surface area contributed by atoms with Crippen LogP contribution in [0.5, 0.6) is 0 Å². The van der Waals surface area contributed by atoms with Crippen molar-refractivity contribution in [1.29, 1.82) is 0 Å². The van der Waals surface area contributed by atoms with Crippen molar-refractivity contribution in [2.45, 2.75) is 0 Å². The second-order valence-corrected chi connectivity index (χ2v) is 6.14. The maximum Gasteiger partial charge on any atom is 0.123 e. The molecule has 0 aliphatic heterocycles. The second kappa shape index (κ2) is 5.35. The number of nitrogens with zero attached hydrogens (tertiary/aromatic N) is 1. The van der Waals surface area contributed by atoms with E-state index >= 15 is 0 Å². The van der Waals surface area contributed by atoms with Crippen LogP contribution in [0.15, 0.2) is 60.7 Å². The van der Waals surface area contributed by atoms with Crippen molar-refractivity contribution in [1.82, 2.24) is 4.98 Å². The van der Waals surface area contributed by atoms with Crippen LogP contribution >= 0.6 is 11.3 Å². The molecule has 4 aromatic rings. The molecule has 4 rings (SSSR count). The van der Waals surface area contributed by atoms with Crippen molar-refractivity contribution in [2.24, 2.45) is 0 Å². The fourth-order valence-corrected chi connectivity index (χ4v) is 3.41. The van der Waals surface area contributed by atoms with Gasteiger partial charge in [-0.3, -0.25) is 0 Å². The Kier molecular flexibility index (Phi) is 3.20. The van der Waals surface area contributed by atoms with Crippen LogP contribution in [0.4, 0.5) is 4.39 Å². The van der Waals surface area contributed by atoms with Gasteiger partial charge >= 0.3 is 0 Å². The van der Waals surface area contributed by atoms with Crippen molar-refractivity contribution in [3.05, 3.63) is 77.1 Å². The summed E-state index contributed by atoms with van der Waals surface area (Å²) in [6, 6.07) is 19.0. The molecule has 0 aliphatic carbocycles. The third kappa shape index (κ3) is 2.40. The molecule has 3 heteroatoms. The van der Waals surface area contributed by atoms with Crippen molar-refractivity contribution in [3.8, 4) is 0 Å². The van der Waals surface area contributed by atoms with Crippen molar-refractivity contribution < 1.29 is 4.39 Å². The minimum atomic E-state index is -0.225. The molecule has 0 radical (unpaired) electrons. The summed E-state index contributed by atoms with van der Waals surface area (Å²) in [6.45, 7) is 0. The van der Waals surface area contributed by atoms with E-state index in [2.05, 4.69) is 24.3 Å². The van der Waals surface area contributed by atoms with Crippen LogP contribution in [0.25, 0.3) is 33.1 Å². The average Bonchev–Trinajstić information content (AvgIpc) is 2.97. The highest BCUT2D eigenvalue weighted by atomic mass is 32.1. The Morgan fingerprint density at radius 2 is 1.82 bits per heavy atom. The number of hydrogen-bond acceptors (Lipinski definition) is 2. The maximum absolute atomic E-state index is 13.2. The van der Waals surface area contributed by atoms with E-state index in [4.69, 9.17) is 4.98 Å². The van der Waals surface area contributed by atoms with Crippen LogP contribution in [0.1, 0.15) is 10.6 Å². The van der Waals surface area contributed by atoms with E-state index < -0.39 is 0 Å². The Morgan fingerprint density at radius 3 is 2.73 bits per heavy atom. The molecule has 1 heterocycles. The van der Waals surface area contributed by atoms with E-state index in [0.29, 0.717) is 0 Å². The molecule has 1 nitrogen and oxygen atoms in total. The van der Waals surface area contributed by atoms with Gasteiger partial charge in [-0.25, -0.2) is 9.37 Å². The molecular formula is C19H12FNS. The van der Waals surface area contributed by atoms with Crippen LogP contribution in [0, 0.1) is 5.82 Å². The number of aromatic nitrogens is 1. The van der Waals surface area contributed by atoms with Gasteiger partial charge in [-0.05, 0) is 35.2 Å². The summed E-state index contributed by atoms with van der Waals surface area (Å²) >= 11 is 1.64. The van der Waals surface area contributed by atoms with Gasteiger partial charge in [0.1, 0.15) is 10.8 Å². The molecule has 0 atom stereocenters. The molecule has 0 saturated carbocycles. The third-order valence-corrected chi connectivity index (χ3v) is 4.55. The molecule has 3 aromatic carbocycles. The van der Waals surface area contributed by atoms with Gasteiger partial charge in [0.15, 0.2) is 0 Å². The number of hydrogen-bond donors (Lipinski definition) is 0. The highest BCUT2D eigenvalue weighted by molar-refractivity contribution is 7.19. The minimum absolute atomic E-state index is 0.225. The van der Waals surface area contributed by atoms with Gasteiger partial charge < -0.3 is 0 Å². The first kappa shape index (κ1) is 13.2. The molecule has 0 bridgehead atoms. The summed E-state index contributed by atoms with van der Waals surface area (Å²) in [5, 5.41) is 3.29. The van der Waals surface area contributed by atoms with Crippen molar-refractivity contribution in [2.75, 3.05) is 0 Å². The SMILES string of the molecule is Fc1cccc(/C=C/c2nc3c(ccc4ccccc43)s2)c1. The van der Waals surface area contributed by atoms with Gasteiger partial charge in [0.05, 0.1) is 10.2 Å². The first-order chi connectivity index (χ1) is 10.8. The smallest absolute Gasteiger partial charge is 0.123 e. The lowest BCUT2D eigenvalue weighted by molar-refractivity contribution is 0.627. The molecule has 0 aliphatic rings. The first-order valence-electron chi connectivity index (χ1n) is 7.01. The van der Waals surface area contributed by atoms with Gasteiger partial charge in [-0.15, -0.1) is 11.3 Å². The van der Waals surface area contributed by atoms with Crippen LogP contribution in [0.3, 0.4) is 0 Å². The van der Waals surface area contributed by atoms with Gasteiger partial charge in [0.2, 0.25) is 0 Å². The maximum atomic E-state index is 13.2. The Hall–Kier alpha value is -2.52. The average molecular weight is 305 g/mol. The van der Waals surface area contributed by atoms with Crippen molar-refractivity contribution in [3.63, 3.8) is 0 Å². The van der Waals surface area contributed by atoms with E-state index in [1.54, 1.807) is 17.4 Å². The molecule has 1 aromatic heterocycles. The third-order valence-electron chi connectivity index (χ3n) is 3.57. The van der Waals surface area contributed by atoms with E-state index in [1.807, 2.05) is 30.4 Å². The number of rotatable bonds is 2. The van der Waals surface area contributed by atoms with Gasteiger partial charge in [0, 0.05) is 5.39 Å². The van der Waals surface area contributed by atoms with Crippen LogP contribution in [-0.4, -0.2) is 4.98 Å². The van der Waals surface area contributed by atoms with E-state index in [9.17, 15) is 4.39 Å². The zero-order chi connectivity index (χ0) is 14.9. The lowest BCUT2D eigenvalue weighted by atomic mass is 10.1. The minimum Gasteiger partial charge on any atom is -0.236 e. The van der Waals surface area contributed by atoms with Crippen LogP contribution < -0.4 is 0 Å². The van der Waals surface area contributed by atoms with Crippen LogP contribution in [0.2, 0.25) is 0 Å². The highest BCUT2D eigenvalue weighted by Gasteiger charge is 2.05. The number of halogens is 1. The molecular weight excluding hydrogens is 293 g/mol. The second-order valence-electron chi connectivity index (χ2n) is 5.07. The summed E-state index contributed by atoms with van der Waals surface area (Å²) in [5.41, 5.74) is 1.87. The molecule has 0 unspecified atom stereocenters. The number of benzene rings is 3. The summed E-state index contributed by atoms with van der Waals surface area (Å²) in [6.07, 6.45) is 3.83. The highest BCUT2D eigenvalue weighted by Crippen LogP contribution is 2.30. The van der Waals surface area contributed by atoms with Crippen molar-refractivity contribution >= 4 is 44.5 Å². The molecule has 0 fully saturated rings. The fraction of sp³-hybridized carbons (Fsp3) is 0. The number of fused-ring (bicyclic) bond motifs is 3. The summed E-state index contributed by atoms with van der Waals surface area (Å²) in [4.78, 5) is 4.72. The van der Waals surface area contributed by atoms with E-state index in [0.717, 1.165) is 20.8 Å². The Bertz CT molecular complexity index is 1000. The van der Waals surface area contributed by atoms with Gasteiger partial charge in [-0.1, -0.05) is 48.5 Å². The Labute approximate surface area is 131 Å². The Morgan fingerprint density at radius 1 is 0.909 bits per heavy atom. The molecule has 0 spiro atoms. The van der Waals surface area contributed by atoms with E-state index in [1.165, 1.54) is 22.9 Å². The predicted molar refractivity (Wildman–Crippen MR) is 92.5 cm³/mol. The lowest BCUT2D eigenvalue weighted by Gasteiger charge is -1.96. The molecule has 22 heavy (non-hydrogen) atoms. The van der Waals surface area contributed by atoms with Crippen LogP contribution in [-0.2, 0) is 0 Å². The standard InChI is InChI=1S/C19H12FNS/c20-15-6-3-4-13(12-15)8-11-18-21-19-16-7-2-1-5-14(16)9-10-17(19)22-18/h1-12H/b11-8+. The largest absolute Gasteiger partial charge is 0.236 e. The molecule has 0 N–H and O–H groups in total. The number of thiazole rings is 1. The summed E-state index contributed by atoms with van der Waals surface area (Å²) in [7, 11) is 0. The topological polar surface area (TPSA) is 12.9 Å². The zero-order valence-corrected chi connectivity index (χ0v) is 12.5. The van der Waals surface area contributed by atoms with Gasteiger partial charge in [0.25, 0.3) is 0 Å². The van der Waals surface area contributed by atoms with E-state index in [-0.39, 0.29) is 5.82 Å². The lowest BCUT2D eigenvalue weighted by Crippen LogP contribution is -1.76. The van der Waals surface area contributed by atoms with Gasteiger partial charge in [-0.2, -0.15) is 0 Å².